The number of hydrogen-bond acceptors (Lipinski definition) is 8. The van der Waals surface area contributed by atoms with Gasteiger partial charge in [0.2, 0.25) is 0 Å². The van der Waals surface area contributed by atoms with Crippen LogP contribution in [-0.2, 0) is 20.9 Å². The smallest absolute Gasteiger partial charge is 0.317 e. The van der Waals surface area contributed by atoms with Crippen LogP contribution >= 0.6 is 0 Å². The Labute approximate surface area is 216 Å². The van der Waals surface area contributed by atoms with Crippen molar-refractivity contribution in [2.24, 2.45) is 0 Å². The zero-order valence-electron chi connectivity index (χ0n) is 21.2. The molecule has 1 fully saturated rings. The van der Waals surface area contributed by atoms with Crippen LogP contribution in [0.25, 0.3) is 10.8 Å². The first kappa shape index (κ1) is 28.5. The third-order valence-corrected chi connectivity index (χ3v) is 6.57. The van der Waals surface area contributed by atoms with Crippen LogP contribution < -0.4 is 0 Å². The molecule has 1 aromatic heterocycles. The minimum Gasteiger partial charge on any atom is -0.480 e. The molecule has 0 aliphatic carbocycles. The van der Waals surface area contributed by atoms with Gasteiger partial charge in [-0.1, -0.05) is 24.3 Å². The molecule has 0 amide bonds. The highest BCUT2D eigenvalue weighted by Gasteiger charge is 2.19. The topological polar surface area (TPSA) is 138 Å². The van der Waals surface area contributed by atoms with Gasteiger partial charge in [-0.05, 0) is 30.8 Å². The van der Waals surface area contributed by atoms with E-state index in [2.05, 4.69) is 22.0 Å². The molecule has 3 N–H and O–H groups in total. The first-order chi connectivity index (χ1) is 17.8. The van der Waals surface area contributed by atoms with E-state index >= 15 is 0 Å². The first-order valence-electron chi connectivity index (χ1n) is 12.7. The number of hydrogen-bond donors (Lipinski definition) is 3. The third kappa shape index (κ3) is 10.0. The van der Waals surface area contributed by atoms with E-state index in [1.807, 2.05) is 28.0 Å². The van der Waals surface area contributed by atoms with Crippen LogP contribution in [0.5, 0.6) is 0 Å². The second-order valence-electron chi connectivity index (χ2n) is 9.47. The Morgan fingerprint density at radius 2 is 1.11 bits per heavy atom. The van der Waals surface area contributed by atoms with Gasteiger partial charge < -0.3 is 15.3 Å². The van der Waals surface area contributed by atoms with Crippen molar-refractivity contribution < 1.29 is 29.7 Å². The summed E-state index contributed by atoms with van der Waals surface area (Å²) >= 11 is 0. The molecule has 0 unspecified atom stereocenters. The summed E-state index contributed by atoms with van der Waals surface area (Å²) in [7, 11) is 0. The van der Waals surface area contributed by atoms with E-state index in [1.165, 1.54) is 0 Å². The van der Waals surface area contributed by atoms with Crippen molar-refractivity contribution in [3.63, 3.8) is 0 Å². The molecular weight excluding hydrogens is 478 g/mol. The Morgan fingerprint density at radius 3 is 1.62 bits per heavy atom. The average Bonchev–Trinajstić information content (AvgIpc) is 2.83. The lowest BCUT2D eigenvalue weighted by atomic mass is 10.1. The molecule has 3 rings (SSSR count). The molecule has 2 heterocycles. The molecule has 0 saturated carbocycles. The van der Waals surface area contributed by atoms with Gasteiger partial charge in [0.25, 0.3) is 0 Å². The molecule has 1 aromatic carbocycles. The summed E-state index contributed by atoms with van der Waals surface area (Å²) in [5, 5.41) is 30.3. The predicted molar refractivity (Wildman–Crippen MR) is 138 cm³/mol. The highest BCUT2D eigenvalue weighted by atomic mass is 16.4. The van der Waals surface area contributed by atoms with Gasteiger partial charge in [0.1, 0.15) is 0 Å². The molecule has 1 saturated heterocycles. The van der Waals surface area contributed by atoms with Crippen molar-refractivity contribution in [2.75, 3.05) is 72.0 Å². The molecule has 202 valence electrons. The minimum absolute atomic E-state index is 0.0777. The summed E-state index contributed by atoms with van der Waals surface area (Å²) in [5.41, 5.74) is 0.954. The molecule has 0 spiro atoms. The number of carbonyl (C=O) groups is 3. The molecule has 0 atom stereocenters. The Kier molecular flexibility index (Phi) is 11.2. The summed E-state index contributed by atoms with van der Waals surface area (Å²) in [6.07, 6.45) is 3.14. The van der Waals surface area contributed by atoms with Crippen molar-refractivity contribution in [2.45, 2.75) is 19.4 Å². The first-order valence-corrected chi connectivity index (χ1v) is 12.7. The van der Waals surface area contributed by atoms with Gasteiger partial charge in [0.05, 0.1) is 25.3 Å². The van der Waals surface area contributed by atoms with Crippen LogP contribution in [0.1, 0.15) is 18.5 Å². The number of carboxylic acid groups (broad SMARTS) is 3. The van der Waals surface area contributed by atoms with Crippen LogP contribution in [0, 0.1) is 0 Å². The quantitative estimate of drug-likeness (QED) is 0.464. The Balaban J connectivity index is 1.77. The summed E-state index contributed by atoms with van der Waals surface area (Å²) in [5.74, 6) is -2.74. The normalized spacial score (nSPS) is 18.4. The number of aromatic nitrogens is 1. The number of pyridine rings is 1. The van der Waals surface area contributed by atoms with E-state index in [0.29, 0.717) is 65.3 Å². The van der Waals surface area contributed by atoms with E-state index in [1.54, 1.807) is 11.1 Å². The van der Waals surface area contributed by atoms with E-state index in [4.69, 9.17) is 0 Å². The predicted octanol–water partition coefficient (Wildman–Crippen LogP) is 0.990. The van der Waals surface area contributed by atoms with E-state index in [-0.39, 0.29) is 19.6 Å². The Hall–Kier alpha value is -3.12. The Bertz CT molecular complexity index is 1050. The lowest BCUT2D eigenvalue weighted by molar-refractivity contribution is -0.140. The van der Waals surface area contributed by atoms with Crippen LogP contribution in [0.2, 0.25) is 0 Å². The van der Waals surface area contributed by atoms with Gasteiger partial charge in [-0.15, -0.1) is 0 Å². The number of carboxylic acids is 3. The van der Waals surface area contributed by atoms with Crippen LogP contribution in [0.15, 0.2) is 36.5 Å². The maximum Gasteiger partial charge on any atom is 0.317 e. The molecular formula is C26H37N5O6. The lowest BCUT2D eigenvalue weighted by Crippen LogP contribution is -2.44. The Morgan fingerprint density at radius 1 is 0.649 bits per heavy atom. The van der Waals surface area contributed by atoms with Gasteiger partial charge >= 0.3 is 17.9 Å². The maximum atomic E-state index is 11.5. The molecule has 2 aromatic rings. The highest BCUT2D eigenvalue weighted by Crippen LogP contribution is 2.18. The summed E-state index contributed by atoms with van der Waals surface area (Å²) in [6.45, 7) is 4.64. The summed E-state index contributed by atoms with van der Waals surface area (Å²) in [4.78, 5) is 46.7. The molecule has 11 heteroatoms. The van der Waals surface area contributed by atoms with Gasteiger partial charge in [-0.2, -0.15) is 0 Å². The molecule has 1 aliphatic rings. The summed E-state index contributed by atoms with van der Waals surface area (Å²) in [6, 6.07) is 10.1. The fraction of sp³-hybridized carbons (Fsp3) is 0.538. The van der Waals surface area contributed by atoms with Crippen LogP contribution in [0.3, 0.4) is 0 Å². The van der Waals surface area contributed by atoms with Gasteiger partial charge in [0, 0.05) is 63.9 Å². The monoisotopic (exact) mass is 515 g/mol. The zero-order valence-corrected chi connectivity index (χ0v) is 21.2. The van der Waals surface area contributed by atoms with Gasteiger partial charge in [0.15, 0.2) is 0 Å². The van der Waals surface area contributed by atoms with Crippen molar-refractivity contribution in [1.29, 1.82) is 0 Å². The van der Waals surface area contributed by atoms with Crippen molar-refractivity contribution in [1.82, 2.24) is 24.6 Å². The fourth-order valence-corrected chi connectivity index (χ4v) is 4.78. The van der Waals surface area contributed by atoms with Crippen molar-refractivity contribution in [3.8, 4) is 0 Å². The van der Waals surface area contributed by atoms with E-state index in [9.17, 15) is 29.7 Å². The number of nitrogens with zero attached hydrogens (tertiary/aromatic N) is 5. The molecule has 11 nitrogen and oxygen atoms in total. The number of benzene rings is 1. The maximum absolute atomic E-state index is 11.5. The van der Waals surface area contributed by atoms with E-state index in [0.717, 1.165) is 22.9 Å². The van der Waals surface area contributed by atoms with Crippen molar-refractivity contribution in [3.05, 3.63) is 42.2 Å². The largest absolute Gasteiger partial charge is 0.480 e. The fourth-order valence-electron chi connectivity index (χ4n) is 4.78. The van der Waals surface area contributed by atoms with Gasteiger partial charge in [-0.3, -0.25) is 39.0 Å². The van der Waals surface area contributed by atoms with Crippen LogP contribution in [0.4, 0.5) is 0 Å². The van der Waals surface area contributed by atoms with Gasteiger partial charge in [-0.25, -0.2) is 0 Å². The number of rotatable bonds is 8. The average molecular weight is 516 g/mol. The molecule has 37 heavy (non-hydrogen) atoms. The van der Waals surface area contributed by atoms with Crippen LogP contribution in [-0.4, -0.2) is 130 Å². The standard InChI is InChI=1S/C26H37N5O6/c32-24(33)18-29-11-4-12-31(20-26(36)37)16-15-30(19-25(34)35)10-3-9-28(13-14-29)17-23-22-6-2-1-5-21(22)7-8-27-23/h1-2,5-8H,3-4,9-20H2,(H,32,33)(H,34,35)(H,36,37). The second-order valence-corrected chi connectivity index (χ2v) is 9.47. The molecule has 1 aliphatic heterocycles. The minimum atomic E-state index is -0.939. The third-order valence-electron chi connectivity index (χ3n) is 6.57. The molecule has 0 radical (unpaired) electrons. The number of fused-ring (bicyclic) bond motifs is 1. The lowest BCUT2D eigenvalue weighted by Gasteiger charge is -2.30. The zero-order chi connectivity index (χ0) is 26.6. The summed E-state index contributed by atoms with van der Waals surface area (Å²) < 4.78 is 0. The van der Waals surface area contributed by atoms with Crippen molar-refractivity contribution >= 4 is 28.7 Å². The number of aliphatic carboxylic acids is 3. The molecule has 0 bridgehead atoms. The van der Waals surface area contributed by atoms with E-state index < -0.39 is 17.9 Å². The highest BCUT2D eigenvalue weighted by molar-refractivity contribution is 5.84. The SMILES string of the molecule is O=C(O)CN1CCCN(CC(=O)O)CCN(Cc2nccc3ccccc23)CCCN(CC(=O)O)CC1. The second kappa shape index (κ2) is 14.6.